The molecule has 4 heteroatoms. The molecule has 2 aromatic rings. The van der Waals surface area contributed by atoms with E-state index >= 15 is 0 Å². The molecule has 3 rings (SSSR count). The van der Waals surface area contributed by atoms with Crippen molar-refractivity contribution in [3.63, 3.8) is 0 Å². The van der Waals surface area contributed by atoms with Crippen LogP contribution < -0.4 is 5.32 Å². The van der Waals surface area contributed by atoms with Crippen LogP contribution in [0.4, 0.5) is 0 Å². The van der Waals surface area contributed by atoms with Gasteiger partial charge >= 0.3 is 0 Å². The summed E-state index contributed by atoms with van der Waals surface area (Å²) >= 11 is 1.69. The number of hydrogen-bond donors (Lipinski definition) is 1. The molecule has 1 aliphatic heterocycles. The first kappa shape index (κ1) is 17.2. The molecule has 0 unspecified atom stereocenters. The maximum Gasteiger partial charge on any atom is 0.234 e. The van der Waals surface area contributed by atoms with Crippen LogP contribution in [0.3, 0.4) is 0 Å². The van der Waals surface area contributed by atoms with Gasteiger partial charge in [-0.05, 0) is 62.2 Å². The highest BCUT2D eigenvalue weighted by atomic mass is 32.1. The Balaban J connectivity index is 1.39. The molecule has 0 saturated carbocycles. The molecule has 0 radical (unpaired) electrons. The predicted octanol–water partition coefficient (Wildman–Crippen LogP) is 3.88. The quantitative estimate of drug-likeness (QED) is 0.864. The first-order valence-electron chi connectivity index (χ1n) is 8.80. The average molecular weight is 343 g/mol. The van der Waals surface area contributed by atoms with Crippen molar-refractivity contribution in [2.45, 2.75) is 32.2 Å². The molecule has 0 bridgehead atoms. The van der Waals surface area contributed by atoms with Crippen LogP contribution in [0.15, 0.2) is 47.8 Å². The maximum absolute atomic E-state index is 12.2. The normalized spacial score (nSPS) is 17.5. The summed E-state index contributed by atoms with van der Waals surface area (Å²) in [5, 5.41) is 5.16. The molecule has 2 heterocycles. The molecule has 0 aliphatic carbocycles. The van der Waals surface area contributed by atoms with Crippen molar-refractivity contribution in [1.29, 1.82) is 0 Å². The summed E-state index contributed by atoms with van der Waals surface area (Å²) in [6.07, 6.45) is 3.53. The molecule has 24 heavy (non-hydrogen) atoms. The minimum absolute atomic E-state index is 0.105. The summed E-state index contributed by atoms with van der Waals surface area (Å²) in [6, 6.07) is 14.9. The minimum atomic E-state index is 0.105. The van der Waals surface area contributed by atoms with E-state index in [9.17, 15) is 4.79 Å². The van der Waals surface area contributed by atoms with E-state index in [1.54, 1.807) is 11.3 Å². The molecule has 1 aromatic carbocycles. The van der Waals surface area contributed by atoms with Crippen LogP contribution in [0.2, 0.25) is 0 Å². The lowest BCUT2D eigenvalue weighted by Gasteiger charge is -2.31. The lowest BCUT2D eigenvalue weighted by molar-refractivity contribution is -0.123. The predicted molar refractivity (Wildman–Crippen MR) is 100 cm³/mol. The monoisotopic (exact) mass is 342 g/mol. The lowest BCUT2D eigenvalue weighted by atomic mass is 9.90. The maximum atomic E-state index is 12.2. The second kappa shape index (κ2) is 8.45. The molecule has 1 aliphatic rings. The molecule has 1 N–H and O–H groups in total. The van der Waals surface area contributed by atoms with Crippen molar-refractivity contribution in [2.24, 2.45) is 5.92 Å². The van der Waals surface area contributed by atoms with Crippen molar-refractivity contribution in [2.75, 3.05) is 19.6 Å². The molecule has 1 fully saturated rings. The van der Waals surface area contributed by atoms with Crippen LogP contribution in [-0.2, 0) is 11.2 Å². The highest BCUT2D eigenvalue weighted by Crippen LogP contribution is 2.22. The third kappa shape index (κ3) is 4.92. The first-order chi connectivity index (χ1) is 11.7. The van der Waals surface area contributed by atoms with Gasteiger partial charge in [0.2, 0.25) is 5.91 Å². The zero-order valence-corrected chi connectivity index (χ0v) is 15.1. The number of hydrogen-bond acceptors (Lipinski definition) is 3. The molecule has 128 valence electrons. The standard InChI is InChI=1S/C20H26N2OS/c1-16(19-8-5-13-24-19)21-20(23)15-22-11-9-18(10-12-22)14-17-6-3-2-4-7-17/h2-8,13,16,18H,9-12,14-15H2,1H3,(H,21,23)/t16-/m0/s1. The van der Waals surface area contributed by atoms with Gasteiger partial charge in [-0.3, -0.25) is 9.69 Å². The molecule has 1 saturated heterocycles. The Kier molecular flexibility index (Phi) is 6.05. The minimum Gasteiger partial charge on any atom is -0.348 e. The van der Waals surface area contributed by atoms with Gasteiger partial charge < -0.3 is 5.32 Å². The molecule has 1 aromatic heterocycles. The van der Waals surface area contributed by atoms with E-state index in [1.165, 1.54) is 23.3 Å². The molecule has 1 amide bonds. The van der Waals surface area contributed by atoms with Crippen LogP contribution >= 0.6 is 11.3 Å². The Morgan fingerprint density at radius 3 is 2.62 bits per heavy atom. The number of amides is 1. The largest absolute Gasteiger partial charge is 0.348 e. The third-order valence-electron chi connectivity index (χ3n) is 4.79. The number of nitrogens with one attached hydrogen (secondary N) is 1. The fourth-order valence-corrected chi connectivity index (χ4v) is 4.13. The van der Waals surface area contributed by atoms with E-state index in [-0.39, 0.29) is 11.9 Å². The summed E-state index contributed by atoms with van der Waals surface area (Å²) in [5.74, 6) is 0.883. The van der Waals surface area contributed by atoms with E-state index in [1.807, 2.05) is 6.07 Å². The highest BCUT2D eigenvalue weighted by molar-refractivity contribution is 7.10. The van der Waals surface area contributed by atoms with E-state index in [0.29, 0.717) is 6.54 Å². The van der Waals surface area contributed by atoms with Gasteiger partial charge in [0, 0.05) is 4.88 Å². The van der Waals surface area contributed by atoms with Crippen molar-refractivity contribution in [1.82, 2.24) is 10.2 Å². The van der Waals surface area contributed by atoms with Crippen molar-refractivity contribution < 1.29 is 4.79 Å². The van der Waals surface area contributed by atoms with Gasteiger partial charge in [-0.25, -0.2) is 0 Å². The molecule has 3 nitrogen and oxygen atoms in total. The molecule has 0 spiro atoms. The Hall–Kier alpha value is -1.65. The summed E-state index contributed by atoms with van der Waals surface area (Å²) in [6.45, 7) is 4.63. The summed E-state index contributed by atoms with van der Waals surface area (Å²) in [4.78, 5) is 15.7. The Labute approximate surface area is 148 Å². The van der Waals surface area contributed by atoms with Crippen molar-refractivity contribution in [3.05, 3.63) is 58.3 Å². The van der Waals surface area contributed by atoms with E-state index in [4.69, 9.17) is 0 Å². The van der Waals surface area contributed by atoms with Gasteiger partial charge in [0.15, 0.2) is 0 Å². The Bertz CT molecular complexity index is 618. The second-order valence-corrected chi connectivity index (χ2v) is 7.69. The smallest absolute Gasteiger partial charge is 0.234 e. The van der Waals surface area contributed by atoms with Gasteiger partial charge in [0.05, 0.1) is 12.6 Å². The number of rotatable bonds is 6. The van der Waals surface area contributed by atoms with E-state index in [2.05, 4.69) is 58.9 Å². The third-order valence-corrected chi connectivity index (χ3v) is 5.84. The lowest BCUT2D eigenvalue weighted by Crippen LogP contribution is -2.42. The van der Waals surface area contributed by atoms with E-state index < -0.39 is 0 Å². The number of benzene rings is 1. The van der Waals surface area contributed by atoms with Gasteiger partial charge in [0.25, 0.3) is 0 Å². The molecular weight excluding hydrogens is 316 g/mol. The Morgan fingerprint density at radius 1 is 1.21 bits per heavy atom. The number of carbonyl (C=O) groups excluding carboxylic acids is 1. The van der Waals surface area contributed by atoms with Crippen molar-refractivity contribution in [3.8, 4) is 0 Å². The van der Waals surface area contributed by atoms with Gasteiger partial charge in [0.1, 0.15) is 0 Å². The highest BCUT2D eigenvalue weighted by Gasteiger charge is 2.21. The summed E-state index contributed by atoms with van der Waals surface area (Å²) < 4.78 is 0. The number of nitrogens with zero attached hydrogens (tertiary/aromatic N) is 1. The first-order valence-corrected chi connectivity index (χ1v) is 9.67. The second-order valence-electron chi connectivity index (χ2n) is 6.71. The summed E-state index contributed by atoms with van der Waals surface area (Å²) in [7, 11) is 0. The van der Waals surface area contributed by atoms with E-state index in [0.717, 1.165) is 25.4 Å². The number of thiophene rings is 1. The van der Waals surface area contributed by atoms with Crippen LogP contribution in [0.1, 0.15) is 36.2 Å². The Morgan fingerprint density at radius 2 is 1.96 bits per heavy atom. The number of piperidine rings is 1. The van der Waals surface area contributed by atoms with Crippen LogP contribution in [0.25, 0.3) is 0 Å². The fourth-order valence-electron chi connectivity index (χ4n) is 3.40. The van der Waals surface area contributed by atoms with Crippen LogP contribution in [-0.4, -0.2) is 30.4 Å². The number of carbonyl (C=O) groups is 1. The van der Waals surface area contributed by atoms with Gasteiger partial charge in [-0.2, -0.15) is 0 Å². The van der Waals surface area contributed by atoms with Crippen molar-refractivity contribution >= 4 is 17.2 Å². The SMILES string of the molecule is C[C@H](NC(=O)CN1CCC(Cc2ccccc2)CC1)c1cccs1. The zero-order chi connectivity index (χ0) is 16.8. The number of likely N-dealkylation sites (tertiary alicyclic amines) is 1. The van der Waals surface area contributed by atoms with Crippen LogP contribution in [0.5, 0.6) is 0 Å². The fraction of sp³-hybridized carbons (Fsp3) is 0.450. The van der Waals surface area contributed by atoms with Gasteiger partial charge in [-0.15, -0.1) is 11.3 Å². The molecular formula is C20H26N2OS. The zero-order valence-electron chi connectivity index (χ0n) is 14.3. The van der Waals surface area contributed by atoms with Crippen LogP contribution in [0, 0.1) is 5.92 Å². The average Bonchev–Trinajstić information content (AvgIpc) is 3.12. The topological polar surface area (TPSA) is 32.3 Å². The van der Waals surface area contributed by atoms with Gasteiger partial charge in [-0.1, -0.05) is 36.4 Å². The molecule has 1 atom stereocenters. The summed E-state index contributed by atoms with van der Waals surface area (Å²) in [5.41, 5.74) is 1.43.